The van der Waals surface area contributed by atoms with Crippen molar-refractivity contribution in [3.05, 3.63) is 81.6 Å². The fourth-order valence-corrected chi connectivity index (χ4v) is 2.85. The van der Waals surface area contributed by atoms with Gasteiger partial charge in [-0.15, -0.1) is 11.3 Å². The normalized spacial score (nSPS) is 10.4. The third-order valence-electron chi connectivity index (χ3n) is 3.64. The number of halogens is 1. The molecule has 2 aromatic carbocycles. The predicted molar refractivity (Wildman–Crippen MR) is 98.6 cm³/mol. The van der Waals surface area contributed by atoms with E-state index in [1.54, 1.807) is 5.38 Å². The molecule has 0 saturated heterocycles. The number of ketones is 1. The summed E-state index contributed by atoms with van der Waals surface area (Å²) in [5.74, 6) is -0.832. The van der Waals surface area contributed by atoms with Gasteiger partial charge in [-0.2, -0.15) is 0 Å². The Morgan fingerprint density at radius 3 is 2.48 bits per heavy atom. The zero-order valence-corrected chi connectivity index (χ0v) is 15.3. The number of aryl methyl sites for hydroxylation is 1. The van der Waals surface area contributed by atoms with Crippen molar-refractivity contribution in [1.82, 2.24) is 4.98 Å². The summed E-state index contributed by atoms with van der Waals surface area (Å²) in [5, 5.41) is 2.17. The van der Waals surface area contributed by atoms with Gasteiger partial charge < -0.3 is 9.47 Å². The van der Waals surface area contributed by atoms with Gasteiger partial charge in [0.15, 0.2) is 18.1 Å². The highest BCUT2D eigenvalue weighted by atomic mass is 32.1. The summed E-state index contributed by atoms with van der Waals surface area (Å²) in [6, 6.07) is 12.6. The molecule has 3 rings (SSSR count). The van der Waals surface area contributed by atoms with Crippen LogP contribution in [0.5, 0.6) is 5.75 Å². The van der Waals surface area contributed by atoms with Crippen LogP contribution in [-0.2, 0) is 11.3 Å². The number of rotatable bonds is 7. The minimum atomic E-state index is -0.691. The number of thiazole rings is 1. The third-order valence-corrected chi connectivity index (χ3v) is 4.47. The molecule has 0 aliphatic heterocycles. The standard InChI is InChI=1S/C20H16FNO4S/c1-13-2-8-16(9-3-13)25-11-19-22-17(12-27-19)20(24)26-10-18(23)14-4-6-15(21)7-5-14/h2-9,12H,10-11H2,1H3. The molecule has 3 aromatic rings. The monoisotopic (exact) mass is 385 g/mol. The lowest BCUT2D eigenvalue weighted by atomic mass is 10.1. The predicted octanol–water partition coefficient (Wildman–Crippen LogP) is 4.21. The SMILES string of the molecule is Cc1ccc(OCc2nc(C(=O)OCC(=O)c3ccc(F)cc3)cs2)cc1. The topological polar surface area (TPSA) is 65.5 Å². The number of nitrogens with zero attached hydrogens (tertiary/aromatic N) is 1. The fraction of sp³-hybridized carbons (Fsp3) is 0.150. The van der Waals surface area contributed by atoms with Crippen molar-refractivity contribution in [2.45, 2.75) is 13.5 Å². The second kappa shape index (κ2) is 8.55. The highest BCUT2D eigenvalue weighted by Gasteiger charge is 2.15. The molecule has 0 saturated carbocycles. The lowest BCUT2D eigenvalue weighted by molar-refractivity contribution is 0.0469. The van der Waals surface area contributed by atoms with Crippen LogP contribution < -0.4 is 4.74 Å². The van der Waals surface area contributed by atoms with Crippen LogP contribution in [0, 0.1) is 12.7 Å². The Balaban J connectivity index is 1.51. The molecule has 0 bridgehead atoms. The number of hydrogen-bond acceptors (Lipinski definition) is 6. The van der Waals surface area contributed by atoms with E-state index in [1.807, 2.05) is 31.2 Å². The highest BCUT2D eigenvalue weighted by molar-refractivity contribution is 7.09. The van der Waals surface area contributed by atoms with Crippen LogP contribution in [0.2, 0.25) is 0 Å². The first-order chi connectivity index (χ1) is 13.0. The molecule has 0 N–H and O–H groups in total. The highest BCUT2D eigenvalue weighted by Crippen LogP contribution is 2.16. The molecule has 7 heteroatoms. The average Bonchev–Trinajstić information content (AvgIpc) is 3.15. The Morgan fingerprint density at radius 2 is 1.78 bits per heavy atom. The van der Waals surface area contributed by atoms with Gasteiger partial charge in [-0.3, -0.25) is 4.79 Å². The number of carbonyl (C=O) groups excluding carboxylic acids is 2. The number of benzene rings is 2. The first-order valence-corrected chi connectivity index (χ1v) is 8.99. The fourth-order valence-electron chi connectivity index (χ4n) is 2.17. The number of aromatic nitrogens is 1. The van der Waals surface area contributed by atoms with Gasteiger partial charge in [-0.25, -0.2) is 14.2 Å². The molecule has 0 radical (unpaired) electrons. The van der Waals surface area contributed by atoms with Crippen molar-refractivity contribution in [2.24, 2.45) is 0 Å². The number of carbonyl (C=O) groups is 2. The maximum Gasteiger partial charge on any atom is 0.358 e. The van der Waals surface area contributed by atoms with Gasteiger partial charge >= 0.3 is 5.97 Å². The molecule has 0 atom stereocenters. The zero-order chi connectivity index (χ0) is 19.2. The van der Waals surface area contributed by atoms with E-state index in [4.69, 9.17) is 9.47 Å². The minimum absolute atomic E-state index is 0.120. The van der Waals surface area contributed by atoms with E-state index < -0.39 is 24.2 Å². The van der Waals surface area contributed by atoms with Crippen LogP contribution in [0.3, 0.4) is 0 Å². The summed E-state index contributed by atoms with van der Waals surface area (Å²) in [5.41, 5.74) is 1.53. The van der Waals surface area contributed by atoms with Crippen LogP contribution in [0.1, 0.15) is 31.4 Å². The summed E-state index contributed by atoms with van der Waals surface area (Å²) in [4.78, 5) is 28.1. The van der Waals surface area contributed by atoms with E-state index >= 15 is 0 Å². The van der Waals surface area contributed by atoms with E-state index in [0.29, 0.717) is 10.8 Å². The molecular formula is C20H16FNO4S. The summed E-state index contributed by atoms with van der Waals surface area (Å²) in [6.07, 6.45) is 0. The van der Waals surface area contributed by atoms with Crippen LogP contribution in [-0.4, -0.2) is 23.3 Å². The van der Waals surface area contributed by atoms with Gasteiger partial charge in [-0.1, -0.05) is 17.7 Å². The van der Waals surface area contributed by atoms with Crippen molar-refractivity contribution >= 4 is 23.1 Å². The Kier molecular flexibility index (Phi) is 5.93. The Bertz CT molecular complexity index is 935. The Hall–Kier alpha value is -3.06. The van der Waals surface area contributed by atoms with Gasteiger partial charge in [0.05, 0.1) is 0 Å². The molecule has 0 fully saturated rings. The van der Waals surface area contributed by atoms with Gasteiger partial charge in [-0.05, 0) is 43.3 Å². The molecular weight excluding hydrogens is 369 g/mol. The molecule has 0 unspecified atom stereocenters. The first-order valence-electron chi connectivity index (χ1n) is 8.11. The third kappa shape index (κ3) is 5.21. The van der Waals surface area contributed by atoms with Gasteiger partial charge in [0.2, 0.25) is 0 Å². The van der Waals surface area contributed by atoms with Crippen LogP contribution in [0.25, 0.3) is 0 Å². The van der Waals surface area contributed by atoms with E-state index in [0.717, 1.165) is 5.56 Å². The van der Waals surface area contributed by atoms with Crippen molar-refractivity contribution in [3.8, 4) is 5.75 Å². The Labute approximate surface area is 159 Å². The largest absolute Gasteiger partial charge is 0.486 e. The van der Waals surface area contributed by atoms with Gasteiger partial charge in [0.1, 0.15) is 23.2 Å². The van der Waals surface area contributed by atoms with Crippen molar-refractivity contribution in [1.29, 1.82) is 0 Å². The summed E-state index contributed by atoms with van der Waals surface area (Å²) in [7, 11) is 0. The van der Waals surface area contributed by atoms with E-state index in [1.165, 1.54) is 35.6 Å². The summed E-state index contributed by atoms with van der Waals surface area (Å²) in [6.45, 7) is 1.79. The van der Waals surface area contributed by atoms with E-state index in [-0.39, 0.29) is 17.9 Å². The molecule has 0 aliphatic rings. The number of ether oxygens (including phenoxy) is 2. The van der Waals surface area contributed by atoms with Crippen molar-refractivity contribution < 1.29 is 23.5 Å². The van der Waals surface area contributed by atoms with E-state index in [9.17, 15) is 14.0 Å². The summed E-state index contributed by atoms with van der Waals surface area (Å²) >= 11 is 1.27. The smallest absolute Gasteiger partial charge is 0.358 e. The molecule has 5 nitrogen and oxygen atoms in total. The van der Waals surface area contributed by atoms with Crippen LogP contribution in [0.15, 0.2) is 53.9 Å². The van der Waals surface area contributed by atoms with Gasteiger partial charge in [0, 0.05) is 10.9 Å². The molecule has 1 heterocycles. The lowest BCUT2D eigenvalue weighted by Gasteiger charge is -2.04. The zero-order valence-electron chi connectivity index (χ0n) is 14.5. The molecule has 27 heavy (non-hydrogen) atoms. The minimum Gasteiger partial charge on any atom is -0.486 e. The second-order valence-electron chi connectivity index (χ2n) is 5.73. The van der Waals surface area contributed by atoms with Crippen molar-refractivity contribution in [2.75, 3.05) is 6.61 Å². The summed E-state index contributed by atoms with van der Waals surface area (Å²) < 4.78 is 23.5. The molecule has 0 spiro atoms. The molecule has 0 amide bonds. The van der Waals surface area contributed by atoms with Crippen LogP contribution >= 0.6 is 11.3 Å². The number of Topliss-reactive ketones (excluding diaryl/α,β-unsaturated/α-hetero) is 1. The number of esters is 1. The maximum absolute atomic E-state index is 12.9. The molecule has 1 aromatic heterocycles. The molecule has 0 aliphatic carbocycles. The first kappa shape index (κ1) is 18.7. The molecule has 138 valence electrons. The van der Waals surface area contributed by atoms with Crippen LogP contribution in [0.4, 0.5) is 4.39 Å². The van der Waals surface area contributed by atoms with Gasteiger partial charge in [0.25, 0.3) is 0 Å². The second-order valence-corrected chi connectivity index (χ2v) is 6.68. The maximum atomic E-state index is 12.9. The lowest BCUT2D eigenvalue weighted by Crippen LogP contribution is -2.14. The Morgan fingerprint density at radius 1 is 1.07 bits per heavy atom. The average molecular weight is 385 g/mol. The quantitative estimate of drug-likeness (QED) is 0.450. The number of hydrogen-bond donors (Lipinski definition) is 0. The van der Waals surface area contributed by atoms with E-state index in [2.05, 4.69) is 4.98 Å². The van der Waals surface area contributed by atoms with Crippen molar-refractivity contribution in [3.63, 3.8) is 0 Å².